The van der Waals surface area contributed by atoms with Crippen LogP contribution in [0.2, 0.25) is 0 Å². The minimum absolute atomic E-state index is 0. The van der Waals surface area contributed by atoms with Crippen molar-refractivity contribution in [3.8, 4) is 0 Å². The number of rotatable bonds is 3. The Balaban J connectivity index is 0.00000324. The van der Waals surface area contributed by atoms with Crippen molar-refractivity contribution in [2.75, 3.05) is 0 Å². The lowest BCUT2D eigenvalue weighted by Gasteiger charge is -2.26. The highest BCUT2D eigenvalue weighted by Crippen LogP contribution is 2.43. The van der Waals surface area contributed by atoms with Gasteiger partial charge >= 0.3 is 18.1 Å². The minimum atomic E-state index is -5.85. The molecule has 0 saturated heterocycles. The van der Waals surface area contributed by atoms with Gasteiger partial charge < -0.3 is 10.8 Å². The zero-order chi connectivity index (χ0) is 14.1. The van der Waals surface area contributed by atoms with Crippen molar-refractivity contribution in [2.24, 2.45) is 5.73 Å². The summed E-state index contributed by atoms with van der Waals surface area (Å²) in [5.41, 5.74) is 3.41. The molecule has 0 aliphatic carbocycles. The van der Waals surface area contributed by atoms with Crippen LogP contribution in [0.3, 0.4) is 0 Å². The van der Waals surface area contributed by atoms with Gasteiger partial charge in [-0.15, -0.1) is 12.4 Å². The van der Waals surface area contributed by atoms with E-state index in [1.807, 2.05) is 0 Å². The van der Waals surface area contributed by atoms with Gasteiger partial charge in [-0.1, -0.05) is 18.2 Å². The van der Waals surface area contributed by atoms with Crippen molar-refractivity contribution in [3.05, 3.63) is 35.4 Å². The van der Waals surface area contributed by atoms with E-state index in [0.29, 0.717) is 0 Å². The number of nitrogens with two attached hydrogens (primary N) is 1. The Hall–Kier alpha value is -1.41. The average Bonchev–Trinajstić information content (AvgIpc) is 2.26. The van der Waals surface area contributed by atoms with E-state index in [-0.39, 0.29) is 12.4 Å². The van der Waals surface area contributed by atoms with Gasteiger partial charge in [0.15, 0.2) is 0 Å². The molecular formula is C10H9ClF5NO2. The number of carboxylic acid groups (broad SMARTS) is 1. The predicted octanol–water partition coefficient (Wildman–Crippen LogP) is 3.00. The van der Waals surface area contributed by atoms with Crippen LogP contribution in [0.5, 0.6) is 0 Å². The smallest absolute Gasteiger partial charge is 0.455 e. The fourth-order valence-electron chi connectivity index (χ4n) is 1.33. The largest absolute Gasteiger partial charge is 0.478 e. The first kappa shape index (κ1) is 17.6. The number of benzene rings is 1. The number of aromatic carboxylic acids is 1. The molecule has 1 aromatic rings. The maximum absolute atomic E-state index is 13.0. The standard InChI is InChI=1S/C10H8F5NO2.ClH/c11-9(12,10(13,14)15)7(16)5-3-1-2-4-6(5)8(17)18;/h1-4,7H,16H2,(H,17,18);1H/t7-;/m0./s1. The maximum Gasteiger partial charge on any atom is 0.455 e. The van der Waals surface area contributed by atoms with E-state index in [1.165, 1.54) is 6.07 Å². The quantitative estimate of drug-likeness (QED) is 0.844. The second-order valence-electron chi connectivity index (χ2n) is 3.49. The molecule has 19 heavy (non-hydrogen) atoms. The fourth-order valence-corrected chi connectivity index (χ4v) is 1.33. The molecule has 108 valence electrons. The molecule has 0 fully saturated rings. The molecule has 0 heterocycles. The topological polar surface area (TPSA) is 63.3 Å². The Labute approximate surface area is 110 Å². The first-order valence-electron chi connectivity index (χ1n) is 4.61. The first-order valence-corrected chi connectivity index (χ1v) is 4.61. The number of carbonyl (C=O) groups is 1. The van der Waals surface area contributed by atoms with Crippen LogP contribution in [0.25, 0.3) is 0 Å². The van der Waals surface area contributed by atoms with Crippen molar-refractivity contribution in [1.82, 2.24) is 0 Å². The van der Waals surface area contributed by atoms with Crippen LogP contribution in [0.1, 0.15) is 22.0 Å². The molecular weight excluding hydrogens is 297 g/mol. The van der Waals surface area contributed by atoms with Gasteiger partial charge in [0.1, 0.15) is 6.04 Å². The molecule has 0 saturated carbocycles. The van der Waals surface area contributed by atoms with Gasteiger partial charge in [0, 0.05) is 0 Å². The molecule has 3 nitrogen and oxygen atoms in total. The highest BCUT2D eigenvalue weighted by atomic mass is 35.5. The summed E-state index contributed by atoms with van der Waals surface area (Å²) in [5, 5.41) is 8.70. The average molecular weight is 306 g/mol. The van der Waals surface area contributed by atoms with Gasteiger partial charge in [-0.25, -0.2) is 4.79 Å². The predicted molar refractivity (Wildman–Crippen MR) is 58.6 cm³/mol. The molecule has 0 bridgehead atoms. The van der Waals surface area contributed by atoms with Crippen LogP contribution in [-0.2, 0) is 0 Å². The lowest BCUT2D eigenvalue weighted by Crippen LogP contribution is -2.46. The molecule has 0 aliphatic heterocycles. The lowest BCUT2D eigenvalue weighted by atomic mass is 9.96. The van der Waals surface area contributed by atoms with E-state index >= 15 is 0 Å². The molecule has 0 amide bonds. The Morgan fingerprint density at radius 2 is 1.63 bits per heavy atom. The van der Waals surface area contributed by atoms with Gasteiger partial charge in [-0.3, -0.25) is 0 Å². The van der Waals surface area contributed by atoms with E-state index in [2.05, 4.69) is 0 Å². The van der Waals surface area contributed by atoms with Crippen molar-refractivity contribution < 1.29 is 31.9 Å². The van der Waals surface area contributed by atoms with E-state index in [9.17, 15) is 26.7 Å². The first-order chi connectivity index (χ1) is 8.09. The van der Waals surface area contributed by atoms with E-state index in [4.69, 9.17) is 10.8 Å². The molecule has 9 heteroatoms. The Morgan fingerprint density at radius 3 is 2.05 bits per heavy atom. The van der Waals surface area contributed by atoms with Gasteiger partial charge in [0.05, 0.1) is 5.56 Å². The molecule has 0 spiro atoms. The molecule has 0 unspecified atom stereocenters. The molecule has 0 aliphatic rings. The Kier molecular flexibility index (Phi) is 5.28. The van der Waals surface area contributed by atoms with Gasteiger partial charge in [0.25, 0.3) is 0 Å². The summed E-state index contributed by atoms with van der Waals surface area (Å²) < 4.78 is 62.4. The van der Waals surface area contributed by atoms with Crippen LogP contribution in [0.15, 0.2) is 24.3 Å². The van der Waals surface area contributed by atoms with Crippen LogP contribution in [0, 0.1) is 0 Å². The number of carboxylic acids is 1. The van der Waals surface area contributed by atoms with Crippen LogP contribution in [0.4, 0.5) is 22.0 Å². The van der Waals surface area contributed by atoms with Crippen molar-refractivity contribution in [3.63, 3.8) is 0 Å². The fraction of sp³-hybridized carbons (Fsp3) is 0.300. The zero-order valence-electron chi connectivity index (χ0n) is 9.12. The molecule has 1 aromatic carbocycles. The minimum Gasteiger partial charge on any atom is -0.478 e. The Morgan fingerprint density at radius 1 is 1.16 bits per heavy atom. The summed E-state index contributed by atoms with van der Waals surface area (Å²) >= 11 is 0. The van der Waals surface area contributed by atoms with Crippen LogP contribution < -0.4 is 5.73 Å². The molecule has 0 radical (unpaired) electrons. The second kappa shape index (κ2) is 5.70. The van der Waals surface area contributed by atoms with Crippen LogP contribution >= 0.6 is 12.4 Å². The maximum atomic E-state index is 13.0. The monoisotopic (exact) mass is 305 g/mol. The van der Waals surface area contributed by atoms with E-state index < -0.39 is 35.2 Å². The van der Waals surface area contributed by atoms with Gasteiger partial charge in [-0.05, 0) is 11.6 Å². The third-order valence-corrected chi connectivity index (χ3v) is 2.29. The second-order valence-corrected chi connectivity index (χ2v) is 3.49. The number of hydrogen-bond donors (Lipinski definition) is 2. The third kappa shape index (κ3) is 3.32. The highest BCUT2D eigenvalue weighted by Gasteiger charge is 2.62. The molecule has 1 atom stereocenters. The van der Waals surface area contributed by atoms with Crippen molar-refractivity contribution >= 4 is 18.4 Å². The number of halogens is 6. The molecule has 0 aromatic heterocycles. The lowest BCUT2D eigenvalue weighted by molar-refractivity contribution is -0.291. The summed E-state index contributed by atoms with van der Waals surface area (Å²) in [7, 11) is 0. The van der Waals surface area contributed by atoms with Crippen molar-refractivity contribution in [2.45, 2.75) is 18.1 Å². The summed E-state index contributed by atoms with van der Waals surface area (Å²) in [4.78, 5) is 10.7. The van der Waals surface area contributed by atoms with Gasteiger partial charge in [-0.2, -0.15) is 22.0 Å². The van der Waals surface area contributed by atoms with E-state index in [0.717, 1.165) is 18.2 Å². The summed E-state index contributed by atoms with van der Waals surface area (Å²) in [6.45, 7) is 0. The molecule has 3 N–H and O–H groups in total. The SMILES string of the molecule is Cl.N[C@@H](c1ccccc1C(=O)O)C(F)(F)C(F)(F)F. The highest BCUT2D eigenvalue weighted by molar-refractivity contribution is 5.89. The van der Waals surface area contributed by atoms with Crippen LogP contribution in [-0.4, -0.2) is 23.2 Å². The summed E-state index contributed by atoms with van der Waals surface area (Å²) in [6, 6.07) is 1.29. The normalized spacial score (nSPS) is 13.6. The van der Waals surface area contributed by atoms with Gasteiger partial charge in [0.2, 0.25) is 0 Å². The molecule has 1 rings (SSSR count). The Bertz CT molecular complexity index is 463. The summed E-state index contributed by atoms with van der Waals surface area (Å²) in [6.07, 6.45) is -5.85. The zero-order valence-corrected chi connectivity index (χ0v) is 9.93. The van der Waals surface area contributed by atoms with Crippen molar-refractivity contribution in [1.29, 1.82) is 0 Å². The third-order valence-electron chi connectivity index (χ3n) is 2.29. The van der Waals surface area contributed by atoms with E-state index in [1.54, 1.807) is 0 Å². The number of alkyl halides is 5. The summed E-state index contributed by atoms with van der Waals surface area (Å²) in [5.74, 6) is -6.84. The number of hydrogen-bond acceptors (Lipinski definition) is 2.